The normalized spacial score (nSPS) is 13.5. The first kappa shape index (κ1) is 13.2. The van der Waals surface area contributed by atoms with Crippen molar-refractivity contribution in [3.63, 3.8) is 0 Å². The fraction of sp³-hybridized carbons (Fsp3) is 1.00. The van der Waals surface area contributed by atoms with Crippen molar-refractivity contribution >= 4 is 46.8 Å². The Kier molecular flexibility index (Phi) is 5.67. The first-order chi connectivity index (χ1) is 5.24. The van der Waals surface area contributed by atoms with Crippen LogP contribution in [0.15, 0.2) is 0 Å². The zero-order valence-corrected chi connectivity index (χ0v) is 10.7. The van der Waals surface area contributed by atoms with Crippen molar-refractivity contribution in [2.75, 3.05) is 0 Å². The molecule has 0 atom stereocenters. The Morgan fingerprint density at radius 3 is 1.42 bits per heavy atom. The molecule has 0 amide bonds. The third-order valence-corrected chi connectivity index (χ3v) is 3.11. The van der Waals surface area contributed by atoms with Gasteiger partial charge in [0, 0.05) is 12.1 Å². The first-order valence-electron chi connectivity index (χ1n) is 3.78. The molecular formula is C7H14Cl3NS. The van der Waals surface area contributed by atoms with Gasteiger partial charge in [-0.3, -0.25) is 0 Å². The summed E-state index contributed by atoms with van der Waals surface area (Å²) in [5.74, 6) is 0. The second-order valence-electron chi connectivity index (χ2n) is 3.08. The van der Waals surface area contributed by atoms with Crippen LogP contribution in [0.25, 0.3) is 0 Å². The van der Waals surface area contributed by atoms with Crippen molar-refractivity contribution in [2.45, 2.75) is 42.9 Å². The molecule has 0 aromatic carbocycles. The van der Waals surface area contributed by atoms with Gasteiger partial charge in [-0.05, 0) is 39.6 Å². The zero-order chi connectivity index (χ0) is 9.94. The summed E-state index contributed by atoms with van der Waals surface area (Å²) >= 11 is 18.3. The highest BCUT2D eigenvalue weighted by Gasteiger charge is 2.28. The van der Waals surface area contributed by atoms with Crippen molar-refractivity contribution in [3.8, 4) is 0 Å². The molecule has 12 heavy (non-hydrogen) atoms. The zero-order valence-electron chi connectivity index (χ0n) is 7.64. The minimum absolute atomic E-state index is 0.366. The van der Waals surface area contributed by atoms with E-state index in [1.807, 2.05) is 0 Å². The highest BCUT2D eigenvalue weighted by molar-refractivity contribution is 8.02. The van der Waals surface area contributed by atoms with E-state index in [1.165, 1.54) is 11.9 Å². The van der Waals surface area contributed by atoms with Crippen LogP contribution in [-0.2, 0) is 0 Å². The summed E-state index contributed by atoms with van der Waals surface area (Å²) in [4.78, 5) is 0. The third-order valence-electron chi connectivity index (χ3n) is 1.23. The topological polar surface area (TPSA) is 3.24 Å². The predicted molar refractivity (Wildman–Crippen MR) is 60.0 cm³/mol. The first-order valence-corrected chi connectivity index (χ1v) is 5.69. The molecular weight excluding hydrogens is 237 g/mol. The summed E-state index contributed by atoms with van der Waals surface area (Å²) in [6, 6.07) is 0.733. The molecule has 0 N–H and O–H groups in total. The van der Waals surface area contributed by atoms with Gasteiger partial charge in [-0.25, -0.2) is 4.31 Å². The van der Waals surface area contributed by atoms with E-state index in [0.29, 0.717) is 12.1 Å². The molecule has 0 spiro atoms. The maximum absolute atomic E-state index is 5.67. The number of nitrogens with zero attached hydrogens (tertiary/aromatic N) is 1. The van der Waals surface area contributed by atoms with Crippen molar-refractivity contribution in [2.24, 2.45) is 0 Å². The van der Waals surface area contributed by atoms with Crippen molar-refractivity contribution < 1.29 is 0 Å². The van der Waals surface area contributed by atoms with Gasteiger partial charge in [0.2, 0.25) is 0 Å². The van der Waals surface area contributed by atoms with Crippen LogP contribution < -0.4 is 0 Å². The molecule has 0 radical (unpaired) electrons. The van der Waals surface area contributed by atoms with E-state index in [0.717, 1.165) is 0 Å². The van der Waals surface area contributed by atoms with Crippen LogP contribution in [0.2, 0.25) is 0 Å². The van der Waals surface area contributed by atoms with Crippen molar-refractivity contribution in [1.82, 2.24) is 4.31 Å². The Morgan fingerprint density at radius 1 is 1.00 bits per heavy atom. The van der Waals surface area contributed by atoms with Crippen LogP contribution in [0.4, 0.5) is 0 Å². The number of rotatable bonds is 3. The molecule has 0 saturated carbocycles. The highest BCUT2D eigenvalue weighted by atomic mass is 35.6. The van der Waals surface area contributed by atoms with Crippen LogP contribution >= 0.6 is 46.8 Å². The molecule has 74 valence electrons. The van der Waals surface area contributed by atoms with E-state index in [2.05, 4.69) is 32.0 Å². The van der Waals surface area contributed by atoms with Gasteiger partial charge in [0.05, 0.1) is 0 Å². The second-order valence-corrected chi connectivity index (χ2v) is 7.25. The van der Waals surface area contributed by atoms with Gasteiger partial charge in [-0.15, -0.1) is 0 Å². The van der Waals surface area contributed by atoms with E-state index in [9.17, 15) is 0 Å². The molecule has 0 rings (SSSR count). The molecule has 1 nitrogen and oxygen atoms in total. The third kappa shape index (κ3) is 5.76. The maximum Gasteiger partial charge on any atom is 0.251 e. The van der Waals surface area contributed by atoms with Crippen molar-refractivity contribution in [1.29, 1.82) is 0 Å². The fourth-order valence-electron chi connectivity index (χ4n) is 0.927. The Morgan fingerprint density at radius 2 is 1.33 bits per heavy atom. The van der Waals surface area contributed by atoms with Gasteiger partial charge in [-0.2, -0.15) is 0 Å². The summed E-state index contributed by atoms with van der Waals surface area (Å²) in [6.07, 6.45) is 0. The van der Waals surface area contributed by atoms with E-state index in [-0.39, 0.29) is 0 Å². The number of hydrogen-bond acceptors (Lipinski definition) is 2. The Balaban J connectivity index is 4.15. The van der Waals surface area contributed by atoms with Crippen LogP contribution in [0.5, 0.6) is 0 Å². The van der Waals surface area contributed by atoms with Gasteiger partial charge in [-0.1, -0.05) is 34.8 Å². The van der Waals surface area contributed by atoms with Crippen molar-refractivity contribution in [3.05, 3.63) is 0 Å². The van der Waals surface area contributed by atoms with E-state index in [1.54, 1.807) is 0 Å². The summed E-state index contributed by atoms with van der Waals surface area (Å²) in [5.41, 5.74) is 0. The summed E-state index contributed by atoms with van der Waals surface area (Å²) < 4.78 is 0.807. The van der Waals surface area contributed by atoms with E-state index >= 15 is 0 Å². The van der Waals surface area contributed by atoms with E-state index < -0.39 is 3.12 Å². The number of halogens is 3. The second kappa shape index (κ2) is 5.16. The Hall–Kier alpha value is 1.18. The molecule has 0 aliphatic rings. The van der Waals surface area contributed by atoms with Crippen LogP contribution in [-0.4, -0.2) is 19.5 Å². The SMILES string of the molecule is CC(C)N(SC(Cl)(Cl)Cl)C(C)C. The molecule has 0 aliphatic carbocycles. The van der Waals surface area contributed by atoms with Gasteiger partial charge >= 0.3 is 0 Å². The molecule has 0 aromatic heterocycles. The lowest BCUT2D eigenvalue weighted by Gasteiger charge is -2.31. The Bertz CT molecular complexity index is 125. The molecule has 0 aliphatic heterocycles. The molecule has 0 fully saturated rings. The molecule has 0 saturated heterocycles. The molecule has 5 heteroatoms. The average molecular weight is 251 g/mol. The smallest absolute Gasteiger partial charge is 0.242 e. The van der Waals surface area contributed by atoms with E-state index in [4.69, 9.17) is 34.8 Å². The summed E-state index contributed by atoms with van der Waals surface area (Å²) in [7, 11) is 0. The molecule has 0 unspecified atom stereocenters. The molecule has 0 heterocycles. The Labute approximate surface area is 93.9 Å². The number of hydrogen-bond donors (Lipinski definition) is 0. The fourth-order valence-corrected chi connectivity index (χ4v) is 2.30. The van der Waals surface area contributed by atoms with Gasteiger partial charge in [0.25, 0.3) is 3.12 Å². The summed E-state index contributed by atoms with van der Waals surface area (Å²) in [6.45, 7) is 8.29. The molecule has 0 aromatic rings. The van der Waals surface area contributed by atoms with Crippen LogP contribution in [0, 0.1) is 0 Å². The number of alkyl halides is 3. The van der Waals surface area contributed by atoms with Gasteiger partial charge < -0.3 is 0 Å². The minimum atomic E-state index is -1.26. The van der Waals surface area contributed by atoms with Crippen LogP contribution in [0.1, 0.15) is 27.7 Å². The summed E-state index contributed by atoms with van der Waals surface area (Å²) in [5, 5.41) is 0. The standard InChI is InChI=1S/C7H14Cl3NS/c1-5(2)11(6(3)4)12-7(8,9)10/h5-6H,1-4H3. The average Bonchev–Trinajstić information content (AvgIpc) is 1.79. The monoisotopic (exact) mass is 249 g/mol. The van der Waals surface area contributed by atoms with Crippen LogP contribution in [0.3, 0.4) is 0 Å². The van der Waals surface area contributed by atoms with Gasteiger partial charge in [0.1, 0.15) is 0 Å². The predicted octanol–water partition coefficient (Wildman–Crippen LogP) is 4.08. The highest BCUT2D eigenvalue weighted by Crippen LogP contribution is 2.42. The largest absolute Gasteiger partial charge is 0.251 e. The quantitative estimate of drug-likeness (QED) is 0.548. The molecule has 0 bridgehead atoms. The van der Waals surface area contributed by atoms with Gasteiger partial charge in [0.15, 0.2) is 0 Å². The minimum Gasteiger partial charge on any atom is -0.242 e. The lowest BCUT2D eigenvalue weighted by Crippen LogP contribution is -2.32. The lowest BCUT2D eigenvalue weighted by atomic mass is 10.3. The maximum atomic E-state index is 5.67. The lowest BCUT2D eigenvalue weighted by molar-refractivity contribution is 0.335.